The van der Waals surface area contributed by atoms with E-state index in [-0.39, 0.29) is 5.75 Å². The second kappa shape index (κ2) is 8.17. The Kier molecular flexibility index (Phi) is 5.87. The molecule has 1 aliphatic heterocycles. The molecule has 0 fully saturated rings. The van der Waals surface area contributed by atoms with Crippen molar-refractivity contribution in [3.63, 3.8) is 0 Å². The third kappa shape index (κ3) is 4.11. The first-order valence-corrected chi connectivity index (χ1v) is 9.55. The van der Waals surface area contributed by atoms with Crippen LogP contribution in [0.4, 0.5) is 8.78 Å². The third-order valence-corrected chi connectivity index (χ3v) is 5.41. The first kappa shape index (κ1) is 20.1. The number of hydrogen-bond donors (Lipinski definition) is 1. The van der Waals surface area contributed by atoms with Gasteiger partial charge in [0.15, 0.2) is 5.96 Å². The highest BCUT2D eigenvalue weighted by Crippen LogP contribution is 2.39. The molecule has 0 saturated carbocycles. The number of nitrogens with zero attached hydrogens (tertiary/aromatic N) is 2. The Labute approximate surface area is 165 Å². The fourth-order valence-corrected chi connectivity index (χ4v) is 3.63. The minimum atomic E-state index is -2.84. The summed E-state index contributed by atoms with van der Waals surface area (Å²) in [7, 11) is 1.90. The Bertz CT molecular complexity index is 838. The zero-order valence-corrected chi connectivity index (χ0v) is 16.5. The molecule has 1 aliphatic rings. The van der Waals surface area contributed by atoms with Crippen LogP contribution < -0.4 is 10.5 Å². The maximum Gasteiger partial charge on any atom is 0.387 e. The molecular formula is C22H27F2N3O. The number of alkyl halides is 2. The predicted molar refractivity (Wildman–Crippen MR) is 108 cm³/mol. The highest BCUT2D eigenvalue weighted by molar-refractivity contribution is 5.81. The average Bonchev–Trinajstić information content (AvgIpc) is 2.98. The molecule has 0 aromatic heterocycles. The second-order valence-corrected chi connectivity index (χ2v) is 7.51. The minimum Gasteiger partial charge on any atom is -0.435 e. The van der Waals surface area contributed by atoms with Crippen molar-refractivity contribution in [2.75, 3.05) is 13.6 Å². The number of rotatable bonds is 7. The summed E-state index contributed by atoms with van der Waals surface area (Å²) in [5.74, 6) is 1.18. The lowest BCUT2D eigenvalue weighted by molar-refractivity contribution is -0.0498. The minimum absolute atomic E-state index is 0.128. The highest BCUT2D eigenvalue weighted by Gasteiger charge is 2.40. The number of hydrogen-bond acceptors (Lipinski definition) is 4. The van der Waals surface area contributed by atoms with Gasteiger partial charge < -0.3 is 15.4 Å². The SMILES string of the molecule is CCC(C)Cc1cccc(C2(c3ccc(OC(F)F)cc3)CN(C)C(N)=N2)c1. The summed E-state index contributed by atoms with van der Waals surface area (Å²) in [6, 6.07) is 15.1. The van der Waals surface area contributed by atoms with Gasteiger partial charge in [-0.25, -0.2) is 4.99 Å². The lowest BCUT2D eigenvalue weighted by Crippen LogP contribution is -2.34. The van der Waals surface area contributed by atoms with Gasteiger partial charge >= 0.3 is 6.61 Å². The van der Waals surface area contributed by atoms with Gasteiger partial charge in [-0.1, -0.05) is 56.7 Å². The Morgan fingerprint density at radius 3 is 2.46 bits per heavy atom. The van der Waals surface area contributed by atoms with E-state index in [1.807, 2.05) is 18.0 Å². The summed E-state index contributed by atoms with van der Waals surface area (Å²) in [6.07, 6.45) is 2.12. The van der Waals surface area contributed by atoms with Gasteiger partial charge in [0.2, 0.25) is 0 Å². The van der Waals surface area contributed by atoms with E-state index in [0.717, 1.165) is 24.0 Å². The van der Waals surface area contributed by atoms with Gasteiger partial charge in [0.05, 0.1) is 6.54 Å². The Morgan fingerprint density at radius 1 is 1.18 bits per heavy atom. The van der Waals surface area contributed by atoms with Crippen molar-refractivity contribution in [3.8, 4) is 5.75 Å². The number of benzene rings is 2. The molecule has 1 heterocycles. The number of aliphatic imine (C=N–C) groups is 1. The number of halogens is 2. The maximum atomic E-state index is 12.5. The van der Waals surface area contributed by atoms with Gasteiger partial charge in [0.1, 0.15) is 11.3 Å². The van der Waals surface area contributed by atoms with Crippen molar-refractivity contribution in [2.24, 2.45) is 16.6 Å². The van der Waals surface area contributed by atoms with Crippen molar-refractivity contribution in [2.45, 2.75) is 38.8 Å². The smallest absolute Gasteiger partial charge is 0.387 e. The Balaban J connectivity index is 2.02. The molecule has 0 radical (unpaired) electrons. The van der Waals surface area contributed by atoms with Crippen molar-refractivity contribution in [1.82, 2.24) is 4.90 Å². The van der Waals surface area contributed by atoms with Gasteiger partial charge in [0, 0.05) is 7.05 Å². The molecule has 2 unspecified atom stereocenters. The molecule has 6 heteroatoms. The van der Waals surface area contributed by atoms with Crippen molar-refractivity contribution >= 4 is 5.96 Å². The first-order valence-electron chi connectivity index (χ1n) is 9.55. The van der Waals surface area contributed by atoms with Gasteiger partial charge in [-0.2, -0.15) is 8.78 Å². The molecule has 2 N–H and O–H groups in total. The molecule has 0 amide bonds. The molecule has 0 aliphatic carbocycles. The maximum absolute atomic E-state index is 12.5. The van der Waals surface area contributed by atoms with Gasteiger partial charge in [-0.15, -0.1) is 0 Å². The Hall–Kier alpha value is -2.63. The molecule has 28 heavy (non-hydrogen) atoms. The summed E-state index contributed by atoms with van der Waals surface area (Å²) in [5.41, 5.74) is 8.64. The third-order valence-electron chi connectivity index (χ3n) is 5.41. The van der Waals surface area contributed by atoms with Crippen molar-refractivity contribution in [1.29, 1.82) is 0 Å². The monoisotopic (exact) mass is 387 g/mol. The average molecular weight is 387 g/mol. The van der Waals surface area contributed by atoms with E-state index in [4.69, 9.17) is 10.7 Å². The largest absolute Gasteiger partial charge is 0.435 e. The lowest BCUT2D eigenvalue weighted by Gasteiger charge is -2.29. The fourth-order valence-electron chi connectivity index (χ4n) is 3.63. The van der Waals surface area contributed by atoms with Crippen molar-refractivity contribution < 1.29 is 13.5 Å². The molecule has 0 bridgehead atoms. The van der Waals surface area contributed by atoms with Crippen LogP contribution in [-0.4, -0.2) is 31.1 Å². The molecule has 4 nitrogen and oxygen atoms in total. The van der Waals surface area contributed by atoms with Crippen LogP contribution in [0.3, 0.4) is 0 Å². The van der Waals surface area contributed by atoms with E-state index in [0.29, 0.717) is 18.4 Å². The van der Waals surface area contributed by atoms with Crippen LogP contribution in [0.25, 0.3) is 0 Å². The van der Waals surface area contributed by atoms with Crippen LogP contribution in [0.1, 0.15) is 37.0 Å². The van der Waals surface area contributed by atoms with Gasteiger partial charge in [0.25, 0.3) is 0 Å². The van der Waals surface area contributed by atoms with Crippen LogP contribution in [0.5, 0.6) is 5.75 Å². The quantitative estimate of drug-likeness (QED) is 0.767. The number of guanidine groups is 1. The predicted octanol–water partition coefficient (Wildman–Crippen LogP) is 4.38. The van der Waals surface area contributed by atoms with Crippen molar-refractivity contribution in [3.05, 3.63) is 65.2 Å². The molecular weight excluding hydrogens is 360 g/mol. The summed E-state index contributed by atoms with van der Waals surface area (Å²) >= 11 is 0. The Morgan fingerprint density at radius 2 is 1.89 bits per heavy atom. The lowest BCUT2D eigenvalue weighted by atomic mass is 9.82. The van der Waals surface area contributed by atoms with E-state index in [9.17, 15) is 8.78 Å². The normalized spacial score (nSPS) is 20.4. The van der Waals surface area contributed by atoms with E-state index in [1.54, 1.807) is 24.3 Å². The number of likely N-dealkylation sites (N-methyl/N-ethyl adjacent to an activating group) is 1. The molecule has 2 aromatic rings. The summed E-state index contributed by atoms with van der Waals surface area (Å²) in [5, 5.41) is 0. The standard InChI is InChI=1S/C22H27F2N3O/c1-4-15(2)12-16-6-5-7-18(13-16)22(14-27(3)21(25)26-22)17-8-10-19(11-9-17)28-20(23)24/h5-11,13,15,20H,4,12,14H2,1-3H3,(H2,25,26). The number of nitrogens with two attached hydrogens (primary N) is 1. The summed E-state index contributed by atoms with van der Waals surface area (Å²) in [4.78, 5) is 6.71. The molecule has 150 valence electrons. The molecule has 3 rings (SSSR count). The van der Waals surface area contributed by atoms with Crippen LogP contribution >= 0.6 is 0 Å². The second-order valence-electron chi connectivity index (χ2n) is 7.51. The summed E-state index contributed by atoms with van der Waals surface area (Å²) < 4.78 is 29.4. The van der Waals surface area contributed by atoms with Crippen LogP contribution in [0.15, 0.2) is 53.5 Å². The van der Waals surface area contributed by atoms with E-state index < -0.39 is 12.2 Å². The molecule has 2 atom stereocenters. The molecule has 0 saturated heterocycles. The summed E-state index contributed by atoms with van der Waals surface area (Å²) in [6.45, 7) is 2.17. The van der Waals surface area contributed by atoms with E-state index >= 15 is 0 Å². The number of ether oxygens (including phenoxy) is 1. The van der Waals surface area contributed by atoms with Crippen LogP contribution in [-0.2, 0) is 12.0 Å². The zero-order valence-electron chi connectivity index (χ0n) is 16.5. The van der Waals surface area contributed by atoms with Crippen LogP contribution in [0.2, 0.25) is 0 Å². The highest BCUT2D eigenvalue weighted by atomic mass is 19.3. The molecule has 2 aromatic carbocycles. The van der Waals surface area contributed by atoms with Gasteiger partial charge in [-0.05, 0) is 41.2 Å². The van der Waals surface area contributed by atoms with E-state index in [1.165, 1.54) is 5.56 Å². The van der Waals surface area contributed by atoms with Crippen LogP contribution in [0, 0.1) is 5.92 Å². The molecule has 0 spiro atoms. The topological polar surface area (TPSA) is 50.9 Å². The fraction of sp³-hybridized carbons (Fsp3) is 0.409. The first-order chi connectivity index (χ1) is 13.3. The zero-order chi connectivity index (χ0) is 20.3. The van der Waals surface area contributed by atoms with E-state index in [2.05, 4.69) is 36.8 Å². The van der Waals surface area contributed by atoms with Gasteiger partial charge in [-0.3, -0.25) is 0 Å².